The van der Waals surface area contributed by atoms with Crippen LogP contribution in [-0.2, 0) is 10.0 Å². The molecule has 17 heavy (non-hydrogen) atoms. The lowest BCUT2D eigenvalue weighted by Crippen LogP contribution is -2.28. The van der Waals surface area contributed by atoms with Crippen LogP contribution in [-0.4, -0.2) is 20.3 Å². The lowest BCUT2D eigenvalue weighted by molar-refractivity contribution is 0.264. The predicted octanol–water partition coefficient (Wildman–Crippen LogP) is 1.83. The van der Waals surface area contributed by atoms with E-state index >= 15 is 0 Å². The van der Waals surface area contributed by atoms with Crippen molar-refractivity contribution in [2.75, 3.05) is 11.4 Å². The Balaban J connectivity index is 3.49. The highest BCUT2D eigenvalue weighted by atomic mass is 35.5. The summed E-state index contributed by atoms with van der Waals surface area (Å²) in [7, 11) is -3.89. The van der Waals surface area contributed by atoms with Gasteiger partial charge in [-0.1, -0.05) is 6.07 Å². The first-order valence-electron chi connectivity index (χ1n) is 4.87. The number of amides is 1. The Hall–Kier alpha value is -1.11. The first-order chi connectivity index (χ1) is 7.77. The molecule has 0 aliphatic carbocycles. The van der Waals surface area contributed by atoms with Crippen molar-refractivity contribution in [3.05, 3.63) is 23.8 Å². The molecule has 94 valence electrons. The van der Waals surface area contributed by atoms with E-state index in [1.165, 1.54) is 6.07 Å². The summed E-state index contributed by atoms with van der Waals surface area (Å²) in [6, 6.07) is 4.53. The van der Waals surface area contributed by atoms with Crippen LogP contribution in [0.5, 0.6) is 0 Å². The molecule has 0 spiro atoms. The highest BCUT2D eigenvalue weighted by Crippen LogP contribution is 2.26. The minimum atomic E-state index is -3.89. The second-order valence-electron chi connectivity index (χ2n) is 3.51. The summed E-state index contributed by atoms with van der Waals surface area (Å²) in [5, 5.41) is 4.34. The molecule has 0 aliphatic rings. The third-order valence-corrected chi connectivity index (χ3v) is 3.40. The topological polar surface area (TPSA) is 80.5 Å². The number of aryl methyl sites for hydroxylation is 1. The molecule has 5 nitrogen and oxygen atoms in total. The zero-order valence-electron chi connectivity index (χ0n) is 9.47. The van der Waals surface area contributed by atoms with Gasteiger partial charge in [-0.05, 0) is 43.1 Å². The van der Waals surface area contributed by atoms with Gasteiger partial charge in [-0.3, -0.25) is 9.69 Å². The minimum Gasteiger partial charge on any atom is -0.298 e. The van der Waals surface area contributed by atoms with Crippen LogP contribution in [0.25, 0.3) is 0 Å². The number of primary sulfonamides is 1. The predicted molar refractivity (Wildman–Crippen MR) is 66.8 cm³/mol. The maximum Gasteiger partial charge on any atom is 0.320 e. The van der Waals surface area contributed by atoms with Gasteiger partial charge in [0.15, 0.2) is 0 Å². The van der Waals surface area contributed by atoms with Gasteiger partial charge in [0.25, 0.3) is 0 Å². The minimum absolute atomic E-state index is 0.112. The Bertz CT molecular complexity index is 542. The van der Waals surface area contributed by atoms with Gasteiger partial charge in [0.2, 0.25) is 10.0 Å². The first kappa shape index (κ1) is 14.0. The van der Waals surface area contributed by atoms with Crippen molar-refractivity contribution in [3.8, 4) is 0 Å². The molecule has 0 aliphatic heterocycles. The molecule has 0 aromatic heterocycles. The summed E-state index contributed by atoms with van der Waals surface area (Å²) in [5.41, 5.74) is 1.01. The molecule has 0 radical (unpaired) electrons. The molecule has 0 heterocycles. The maximum atomic E-state index is 11.4. The van der Waals surface area contributed by atoms with E-state index in [0.29, 0.717) is 0 Å². The number of sulfonamides is 1. The van der Waals surface area contributed by atoms with Crippen molar-refractivity contribution >= 4 is 32.7 Å². The number of carbonyl (C=O) groups is 1. The molecule has 0 bridgehead atoms. The van der Waals surface area contributed by atoms with E-state index in [-0.39, 0.29) is 17.1 Å². The number of halogens is 1. The van der Waals surface area contributed by atoms with Gasteiger partial charge in [-0.2, -0.15) is 0 Å². The molecule has 0 fully saturated rings. The number of hydrogen-bond acceptors (Lipinski definition) is 3. The second-order valence-corrected chi connectivity index (χ2v) is 5.37. The standard InChI is InChI=1S/C10H13ClN2O3S/c1-3-13(10(11)14)8-6-7(2)4-5-9(8)17(12,15)16/h4-6H,3H2,1-2H3,(H2,12,15,16). The Kier molecular flexibility index (Phi) is 4.13. The van der Waals surface area contributed by atoms with Gasteiger partial charge in [-0.15, -0.1) is 0 Å². The van der Waals surface area contributed by atoms with Gasteiger partial charge < -0.3 is 0 Å². The number of benzene rings is 1. The third-order valence-electron chi connectivity index (χ3n) is 2.24. The summed E-state index contributed by atoms with van der Waals surface area (Å²) in [5.74, 6) is 0. The second kappa shape index (κ2) is 5.03. The molecule has 1 rings (SSSR count). The summed E-state index contributed by atoms with van der Waals surface area (Å²) < 4.78 is 22.8. The van der Waals surface area contributed by atoms with Gasteiger partial charge in [0.05, 0.1) is 5.69 Å². The molecular weight excluding hydrogens is 264 g/mol. The van der Waals surface area contributed by atoms with Crippen LogP contribution in [0.1, 0.15) is 12.5 Å². The van der Waals surface area contributed by atoms with E-state index in [9.17, 15) is 13.2 Å². The summed E-state index contributed by atoms with van der Waals surface area (Å²) in [6.07, 6.45) is 0. The van der Waals surface area contributed by atoms with Gasteiger partial charge in [0, 0.05) is 6.54 Å². The number of nitrogens with two attached hydrogens (primary N) is 1. The quantitative estimate of drug-likeness (QED) is 0.675. The van der Waals surface area contributed by atoms with Gasteiger partial charge in [0.1, 0.15) is 4.90 Å². The fraction of sp³-hybridized carbons (Fsp3) is 0.300. The molecule has 2 N–H and O–H groups in total. The fourth-order valence-electron chi connectivity index (χ4n) is 1.47. The number of rotatable bonds is 3. The highest BCUT2D eigenvalue weighted by molar-refractivity contribution is 7.89. The van der Waals surface area contributed by atoms with E-state index in [4.69, 9.17) is 16.7 Å². The summed E-state index contributed by atoms with van der Waals surface area (Å²) >= 11 is 5.40. The number of nitrogens with zero attached hydrogens (tertiary/aromatic N) is 1. The normalized spacial score (nSPS) is 11.3. The lowest BCUT2D eigenvalue weighted by atomic mass is 10.2. The van der Waals surface area contributed by atoms with E-state index in [0.717, 1.165) is 10.5 Å². The number of carbonyl (C=O) groups excluding carboxylic acids is 1. The molecular formula is C10H13ClN2O3S. The van der Waals surface area contributed by atoms with Crippen LogP contribution in [0.3, 0.4) is 0 Å². The van der Waals surface area contributed by atoms with E-state index in [2.05, 4.69) is 0 Å². The molecule has 1 aromatic carbocycles. The number of hydrogen-bond donors (Lipinski definition) is 1. The van der Waals surface area contributed by atoms with Crippen molar-refractivity contribution in [2.45, 2.75) is 18.7 Å². The van der Waals surface area contributed by atoms with Gasteiger partial charge >= 0.3 is 5.37 Å². The number of anilines is 1. The molecule has 0 atom stereocenters. The average molecular weight is 277 g/mol. The van der Waals surface area contributed by atoms with Crippen LogP contribution in [0.15, 0.2) is 23.1 Å². The lowest BCUT2D eigenvalue weighted by Gasteiger charge is -2.20. The largest absolute Gasteiger partial charge is 0.320 e. The van der Waals surface area contributed by atoms with Crippen LogP contribution in [0.2, 0.25) is 0 Å². The van der Waals surface area contributed by atoms with E-state index < -0.39 is 15.4 Å². The monoisotopic (exact) mass is 276 g/mol. The smallest absolute Gasteiger partial charge is 0.298 e. The molecule has 1 aromatic rings. The zero-order chi connectivity index (χ0) is 13.2. The van der Waals surface area contributed by atoms with Crippen molar-refractivity contribution in [1.29, 1.82) is 0 Å². The van der Waals surface area contributed by atoms with Gasteiger partial charge in [-0.25, -0.2) is 13.6 Å². The summed E-state index contributed by atoms with van der Waals surface area (Å²) in [6.45, 7) is 3.73. The van der Waals surface area contributed by atoms with Crippen molar-refractivity contribution in [2.24, 2.45) is 5.14 Å². The van der Waals surface area contributed by atoms with Crippen LogP contribution in [0.4, 0.5) is 10.5 Å². The molecule has 0 saturated carbocycles. The van der Waals surface area contributed by atoms with Crippen LogP contribution >= 0.6 is 11.6 Å². The highest BCUT2D eigenvalue weighted by Gasteiger charge is 2.21. The van der Waals surface area contributed by atoms with Crippen molar-refractivity contribution in [3.63, 3.8) is 0 Å². The van der Waals surface area contributed by atoms with Crippen LogP contribution < -0.4 is 10.0 Å². The van der Waals surface area contributed by atoms with Crippen LogP contribution in [0, 0.1) is 6.92 Å². The fourth-order valence-corrected chi connectivity index (χ4v) is 2.40. The molecule has 1 amide bonds. The molecule has 0 unspecified atom stereocenters. The Labute approximate surface area is 105 Å². The zero-order valence-corrected chi connectivity index (χ0v) is 11.0. The Morgan fingerprint density at radius 3 is 2.47 bits per heavy atom. The first-order valence-corrected chi connectivity index (χ1v) is 6.80. The average Bonchev–Trinajstić information content (AvgIpc) is 2.16. The molecule has 0 saturated heterocycles. The van der Waals surface area contributed by atoms with Crippen molar-refractivity contribution < 1.29 is 13.2 Å². The van der Waals surface area contributed by atoms with E-state index in [1.54, 1.807) is 26.0 Å². The summed E-state index contributed by atoms with van der Waals surface area (Å²) in [4.78, 5) is 12.3. The maximum absolute atomic E-state index is 11.4. The molecule has 7 heteroatoms. The Morgan fingerprint density at radius 2 is 2.06 bits per heavy atom. The SMILES string of the molecule is CCN(C(=O)Cl)c1cc(C)ccc1S(N)(=O)=O. The Morgan fingerprint density at radius 1 is 1.47 bits per heavy atom. The third kappa shape index (κ3) is 3.18. The van der Waals surface area contributed by atoms with E-state index in [1.807, 2.05) is 0 Å². The van der Waals surface area contributed by atoms with Crippen molar-refractivity contribution in [1.82, 2.24) is 0 Å².